The number of anilines is 1. The molecule has 0 unspecified atom stereocenters. The molecule has 0 fully saturated rings. The third-order valence-corrected chi connectivity index (χ3v) is 1.97. The van der Waals surface area contributed by atoms with Crippen LogP contribution in [0.25, 0.3) is 0 Å². The molecule has 0 bridgehead atoms. The van der Waals surface area contributed by atoms with Gasteiger partial charge in [0.1, 0.15) is 5.75 Å². The first-order valence-electron chi connectivity index (χ1n) is 4.29. The van der Waals surface area contributed by atoms with Crippen molar-refractivity contribution < 1.29 is 17.9 Å². The molecular weight excluding hydrogens is 207 g/mol. The van der Waals surface area contributed by atoms with Crippen LogP contribution < -0.4 is 9.64 Å². The van der Waals surface area contributed by atoms with E-state index in [4.69, 9.17) is 4.74 Å². The van der Waals surface area contributed by atoms with E-state index in [2.05, 4.69) is 0 Å². The molecular formula is C10H12F3NO. The fourth-order valence-electron chi connectivity index (χ4n) is 1.38. The average molecular weight is 219 g/mol. The first-order valence-corrected chi connectivity index (χ1v) is 4.29. The van der Waals surface area contributed by atoms with Crippen molar-refractivity contribution in [1.29, 1.82) is 0 Å². The number of hydrogen-bond acceptors (Lipinski definition) is 2. The van der Waals surface area contributed by atoms with Gasteiger partial charge in [-0.1, -0.05) is 6.07 Å². The van der Waals surface area contributed by atoms with E-state index in [1.165, 1.54) is 24.1 Å². The molecule has 84 valence electrons. The topological polar surface area (TPSA) is 12.5 Å². The van der Waals surface area contributed by atoms with Crippen molar-refractivity contribution in [2.45, 2.75) is 6.18 Å². The molecule has 15 heavy (non-hydrogen) atoms. The summed E-state index contributed by atoms with van der Waals surface area (Å²) in [6.07, 6.45) is -4.37. The first kappa shape index (κ1) is 11.7. The van der Waals surface area contributed by atoms with Gasteiger partial charge in [0, 0.05) is 14.1 Å². The van der Waals surface area contributed by atoms with Gasteiger partial charge in [-0.2, -0.15) is 13.2 Å². The first-order chi connectivity index (χ1) is 6.88. The maximum absolute atomic E-state index is 12.6. The molecule has 0 aliphatic heterocycles. The molecule has 0 amide bonds. The Kier molecular flexibility index (Phi) is 3.12. The Morgan fingerprint density at radius 1 is 1.20 bits per heavy atom. The van der Waals surface area contributed by atoms with Crippen LogP contribution in [0.15, 0.2) is 18.2 Å². The predicted octanol–water partition coefficient (Wildman–Crippen LogP) is 2.78. The van der Waals surface area contributed by atoms with Gasteiger partial charge in [-0.15, -0.1) is 0 Å². The third-order valence-electron chi connectivity index (χ3n) is 1.97. The standard InChI is InChI=1S/C10H12F3NO/c1-14(2)9-7(10(11,12)13)5-4-6-8(9)15-3/h4-6H,1-3H3. The predicted molar refractivity (Wildman–Crippen MR) is 52.3 cm³/mol. The smallest absolute Gasteiger partial charge is 0.418 e. The Labute approximate surface area is 86.3 Å². The largest absolute Gasteiger partial charge is 0.495 e. The molecule has 0 aliphatic rings. The number of nitrogens with zero attached hydrogens (tertiary/aromatic N) is 1. The van der Waals surface area contributed by atoms with Crippen LogP contribution in [-0.2, 0) is 6.18 Å². The molecule has 1 rings (SSSR count). The third kappa shape index (κ3) is 2.34. The molecule has 0 aliphatic carbocycles. The summed E-state index contributed by atoms with van der Waals surface area (Å²) in [4.78, 5) is 1.39. The molecule has 0 aromatic heterocycles. The van der Waals surface area contributed by atoms with Gasteiger partial charge in [-0.25, -0.2) is 0 Å². The summed E-state index contributed by atoms with van der Waals surface area (Å²) in [5.74, 6) is 0.217. The Bertz CT molecular complexity index is 347. The summed E-state index contributed by atoms with van der Waals surface area (Å²) in [6.45, 7) is 0. The second-order valence-corrected chi connectivity index (χ2v) is 3.25. The minimum Gasteiger partial charge on any atom is -0.495 e. The maximum Gasteiger partial charge on any atom is 0.418 e. The van der Waals surface area contributed by atoms with Crippen molar-refractivity contribution >= 4 is 5.69 Å². The lowest BCUT2D eigenvalue weighted by Crippen LogP contribution is -2.17. The van der Waals surface area contributed by atoms with Gasteiger partial charge in [0.05, 0.1) is 18.4 Å². The summed E-state index contributed by atoms with van der Waals surface area (Å²) in [5.41, 5.74) is -0.639. The molecule has 0 saturated heterocycles. The monoisotopic (exact) mass is 219 g/mol. The number of para-hydroxylation sites is 1. The number of methoxy groups -OCH3 is 1. The highest BCUT2D eigenvalue weighted by molar-refractivity contribution is 5.64. The second-order valence-electron chi connectivity index (χ2n) is 3.25. The van der Waals surface area contributed by atoms with Gasteiger partial charge in [0.2, 0.25) is 0 Å². The van der Waals surface area contributed by atoms with Crippen LogP contribution in [0.1, 0.15) is 5.56 Å². The van der Waals surface area contributed by atoms with Crippen molar-refractivity contribution in [1.82, 2.24) is 0 Å². The summed E-state index contributed by atoms with van der Waals surface area (Å²) in [6, 6.07) is 3.87. The van der Waals surface area contributed by atoms with Crippen molar-refractivity contribution in [3.05, 3.63) is 23.8 Å². The van der Waals surface area contributed by atoms with E-state index in [1.54, 1.807) is 14.1 Å². The lowest BCUT2D eigenvalue weighted by molar-refractivity contribution is -0.137. The van der Waals surface area contributed by atoms with Crippen molar-refractivity contribution in [3.8, 4) is 5.75 Å². The van der Waals surface area contributed by atoms with Crippen LogP contribution in [-0.4, -0.2) is 21.2 Å². The van der Waals surface area contributed by atoms with E-state index in [9.17, 15) is 13.2 Å². The van der Waals surface area contributed by atoms with E-state index < -0.39 is 11.7 Å². The van der Waals surface area contributed by atoms with E-state index in [0.29, 0.717) is 0 Å². The van der Waals surface area contributed by atoms with Crippen molar-refractivity contribution in [2.75, 3.05) is 26.1 Å². The van der Waals surface area contributed by atoms with Crippen LogP contribution in [0.4, 0.5) is 18.9 Å². The minimum absolute atomic E-state index is 0.0486. The quantitative estimate of drug-likeness (QED) is 0.758. The number of halogens is 3. The SMILES string of the molecule is COc1cccc(C(F)(F)F)c1N(C)C. The minimum atomic E-state index is -4.37. The van der Waals surface area contributed by atoms with E-state index in [1.807, 2.05) is 0 Å². The van der Waals surface area contributed by atoms with Crippen LogP contribution in [0.2, 0.25) is 0 Å². The van der Waals surface area contributed by atoms with E-state index in [0.717, 1.165) is 6.07 Å². The fraction of sp³-hybridized carbons (Fsp3) is 0.400. The zero-order chi connectivity index (χ0) is 11.6. The zero-order valence-corrected chi connectivity index (χ0v) is 8.72. The van der Waals surface area contributed by atoms with Crippen LogP contribution in [0.3, 0.4) is 0 Å². The summed E-state index contributed by atoms with van der Waals surface area (Å²) in [5, 5.41) is 0. The van der Waals surface area contributed by atoms with E-state index in [-0.39, 0.29) is 11.4 Å². The van der Waals surface area contributed by atoms with Gasteiger partial charge >= 0.3 is 6.18 Å². The Hall–Kier alpha value is -1.39. The molecule has 0 saturated carbocycles. The molecule has 2 nitrogen and oxygen atoms in total. The number of benzene rings is 1. The summed E-state index contributed by atoms with van der Waals surface area (Å²) >= 11 is 0. The highest BCUT2D eigenvalue weighted by Crippen LogP contribution is 2.40. The molecule has 1 aromatic carbocycles. The lowest BCUT2D eigenvalue weighted by atomic mass is 10.1. The Morgan fingerprint density at radius 3 is 2.20 bits per heavy atom. The number of rotatable bonds is 2. The fourth-order valence-corrected chi connectivity index (χ4v) is 1.38. The van der Waals surface area contributed by atoms with Gasteiger partial charge in [-0.3, -0.25) is 0 Å². The Morgan fingerprint density at radius 2 is 1.80 bits per heavy atom. The van der Waals surface area contributed by atoms with Crippen LogP contribution >= 0.6 is 0 Å². The molecule has 5 heteroatoms. The Balaban J connectivity index is 3.39. The maximum atomic E-state index is 12.6. The van der Waals surface area contributed by atoms with Crippen LogP contribution in [0.5, 0.6) is 5.75 Å². The van der Waals surface area contributed by atoms with Gasteiger partial charge < -0.3 is 9.64 Å². The molecule has 0 spiro atoms. The molecule has 0 atom stereocenters. The summed E-state index contributed by atoms with van der Waals surface area (Å²) < 4.78 is 42.8. The summed E-state index contributed by atoms with van der Waals surface area (Å²) in [7, 11) is 4.45. The van der Waals surface area contributed by atoms with Gasteiger partial charge in [0.25, 0.3) is 0 Å². The molecule has 0 heterocycles. The number of ether oxygens (including phenoxy) is 1. The molecule has 1 aromatic rings. The van der Waals surface area contributed by atoms with Gasteiger partial charge in [-0.05, 0) is 12.1 Å². The van der Waals surface area contributed by atoms with Crippen LogP contribution in [0, 0.1) is 0 Å². The number of alkyl halides is 3. The van der Waals surface area contributed by atoms with Gasteiger partial charge in [0.15, 0.2) is 0 Å². The average Bonchev–Trinajstić information content (AvgIpc) is 2.15. The zero-order valence-electron chi connectivity index (χ0n) is 8.72. The molecule has 0 radical (unpaired) electrons. The number of hydrogen-bond donors (Lipinski definition) is 0. The normalized spacial score (nSPS) is 11.3. The second kappa shape index (κ2) is 4.00. The van der Waals surface area contributed by atoms with E-state index >= 15 is 0 Å². The van der Waals surface area contributed by atoms with Crippen molar-refractivity contribution in [3.63, 3.8) is 0 Å². The lowest BCUT2D eigenvalue weighted by Gasteiger charge is -2.21. The highest BCUT2D eigenvalue weighted by Gasteiger charge is 2.35. The van der Waals surface area contributed by atoms with Crippen molar-refractivity contribution in [2.24, 2.45) is 0 Å². The highest BCUT2D eigenvalue weighted by atomic mass is 19.4. The molecule has 0 N–H and O–H groups in total.